The van der Waals surface area contributed by atoms with Crippen LogP contribution in [-0.4, -0.2) is 27.8 Å². The van der Waals surface area contributed by atoms with Crippen molar-refractivity contribution >= 4 is 0 Å². The standard InChI is InChI=1S/C14H8F10N2/c1-26-9(7-5-3-2-4-6-7)8(15)10(25-26)11(16,17)12(18,19)13(20,21)14(22,23)24/h2-6H,1H3. The molecule has 0 amide bonds. The second-order valence-corrected chi connectivity index (χ2v) is 5.22. The van der Waals surface area contributed by atoms with Crippen LogP contribution in [0.4, 0.5) is 43.9 Å². The molecule has 0 spiro atoms. The average Bonchev–Trinajstić information content (AvgIpc) is 2.82. The summed E-state index contributed by atoms with van der Waals surface area (Å²) in [5.74, 6) is -22.5. The molecule has 1 aromatic heterocycles. The SMILES string of the molecule is Cn1nc(C(F)(F)C(F)(F)C(F)(F)C(F)(F)F)c(F)c1-c1ccccc1. The van der Waals surface area contributed by atoms with Crippen molar-refractivity contribution < 1.29 is 43.9 Å². The number of nitrogens with zero attached hydrogens (tertiary/aromatic N) is 2. The Balaban J connectivity index is 2.64. The van der Waals surface area contributed by atoms with Gasteiger partial charge in [-0.25, -0.2) is 4.39 Å². The zero-order valence-corrected chi connectivity index (χ0v) is 12.6. The van der Waals surface area contributed by atoms with E-state index in [2.05, 4.69) is 5.10 Å². The first-order valence-electron chi connectivity index (χ1n) is 6.64. The van der Waals surface area contributed by atoms with Gasteiger partial charge in [0.1, 0.15) is 5.69 Å². The highest BCUT2D eigenvalue weighted by Crippen LogP contribution is 2.57. The maximum atomic E-state index is 14.3. The Bertz CT molecular complexity index is 792. The smallest absolute Gasteiger partial charge is 0.264 e. The first-order valence-corrected chi connectivity index (χ1v) is 6.64. The van der Waals surface area contributed by atoms with Crippen LogP contribution >= 0.6 is 0 Å². The van der Waals surface area contributed by atoms with E-state index in [1.54, 1.807) is 0 Å². The molecule has 26 heavy (non-hydrogen) atoms. The van der Waals surface area contributed by atoms with Gasteiger partial charge in [0, 0.05) is 12.6 Å². The van der Waals surface area contributed by atoms with Gasteiger partial charge in [-0.3, -0.25) is 4.68 Å². The zero-order valence-electron chi connectivity index (χ0n) is 12.6. The lowest BCUT2D eigenvalue weighted by Gasteiger charge is -2.32. The van der Waals surface area contributed by atoms with Crippen LogP contribution in [0.25, 0.3) is 11.3 Å². The molecule has 0 aliphatic carbocycles. The molecule has 2 aromatic rings. The van der Waals surface area contributed by atoms with Gasteiger partial charge in [-0.05, 0) is 0 Å². The molecule has 0 N–H and O–H groups in total. The number of hydrogen-bond donors (Lipinski definition) is 0. The molecular weight excluding hydrogens is 386 g/mol. The second-order valence-electron chi connectivity index (χ2n) is 5.22. The molecule has 2 rings (SSSR count). The van der Waals surface area contributed by atoms with Crippen LogP contribution in [0.5, 0.6) is 0 Å². The summed E-state index contributed by atoms with van der Waals surface area (Å²) in [6, 6.07) is 6.44. The molecule has 1 aromatic carbocycles. The third-order valence-corrected chi connectivity index (χ3v) is 3.48. The van der Waals surface area contributed by atoms with E-state index in [0.717, 1.165) is 7.05 Å². The van der Waals surface area contributed by atoms with Crippen molar-refractivity contribution in [2.75, 3.05) is 0 Å². The van der Waals surface area contributed by atoms with Gasteiger partial charge in [0.15, 0.2) is 11.5 Å². The van der Waals surface area contributed by atoms with Crippen LogP contribution in [0.2, 0.25) is 0 Å². The quantitative estimate of drug-likeness (QED) is 0.656. The Hall–Kier alpha value is -2.27. The Kier molecular flexibility index (Phi) is 4.53. The Morgan fingerprint density at radius 1 is 0.808 bits per heavy atom. The summed E-state index contributed by atoms with van der Waals surface area (Å²) in [5.41, 5.74) is -3.44. The van der Waals surface area contributed by atoms with E-state index in [9.17, 15) is 43.9 Å². The van der Waals surface area contributed by atoms with E-state index in [-0.39, 0.29) is 5.56 Å². The number of rotatable bonds is 4. The minimum atomic E-state index is -7.12. The lowest BCUT2D eigenvalue weighted by Crippen LogP contribution is -2.59. The van der Waals surface area contributed by atoms with E-state index >= 15 is 0 Å². The fourth-order valence-electron chi connectivity index (χ4n) is 2.13. The van der Waals surface area contributed by atoms with Crippen LogP contribution in [0.15, 0.2) is 30.3 Å². The van der Waals surface area contributed by atoms with Gasteiger partial charge in [0.2, 0.25) is 0 Å². The molecule has 0 aliphatic heterocycles. The summed E-state index contributed by atoms with van der Waals surface area (Å²) in [4.78, 5) is 0. The van der Waals surface area contributed by atoms with Crippen molar-refractivity contribution in [3.63, 3.8) is 0 Å². The molecule has 0 saturated heterocycles. The van der Waals surface area contributed by atoms with Gasteiger partial charge in [-0.1, -0.05) is 30.3 Å². The van der Waals surface area contributed by atoms with Crippen molar-refractivity contribution in [2.24, 2.45) is 7.05 Å². The van der Waals surface area contributed by atoms with E-state index < -0.39 is 41.1 Å². The molecule has 0 fully saturated rings. The summed E-state index contributed by atoms with van der Waals surface area (Å²) in [6.45, 7) is 0. The largest absolute Gasteiger partial charge is 0.460 e. The van der Waals surface area contributed by atoms with E-state index in [4.69, 9.17) is 0 Å². The van der Waals surface area contributed by atoms with Crippen LogP contribution in [0, 0.1) is 5.82 Å². The summed E-state index contributed by atoms with van der Waals surface area (Å²) in [6.07, 6.45) is -6.99. The third kappa shape index (κ3) is 2.71. The highest BCUT2D eigenvalue weighted by molar-refractivity contribution is 5.61. The van der Waals surface area contributed by atoms with E-state index in [1.807, 2.05) is 0 Å². The molecule has 12 heteroatoms. The van der Waals surface area contributed by atoms with Gasteiger partial charge in [0.25, 0.3) is 0 Å². The summed E-state index contributed by atoms with van der Waals surface area (Å²) in [5, 5.41) is 2.73. The summed E-state index contributed by atoms with van der Waals surface area (Å²) < 4.78 is 132. The maximum absolute atomic E-state index is 14.3. The van der Waals surface area contributed by atoms with Crippen molar-refractivity contribution in [1.82, 2.24) is 9.78 Å². The van der Waals surface area contributed by atoms with Crippen molar-refractivity contribution in [2.45, 2.75) is 23.9 Å². The highest BCUT2D eigenvalue weighted by atomic mass is 19.4. The molecule has 2 nitrogen and oxygen atoms in total. The molecule has 144 valence electrons. The first-order chi connectivity index (χ1) is 11.7. The predicted octanol–water partition coefficient (Wildman–Crippen LogP) is 5.15. The number of benzene rings is 1. The molecule has 1 heterocycles. The maximum Gasteiger partial charge on any atom is 0.460 e. The van der Waals surface area contributed by atoms with Crippen molar-refractivity contribution in [1.29, 1.82) is 0 Å². The van der Waals surface area contributed by atoms with E-state index in [1.165, 1.54) is 30.3 Å². The monoisotopic (exact) mass is 394 g/mol. The topological polar surface area (TPSA) is 17.8 Å². The van der Waals surface area contributed by atoms with Gasteiger partial charge < -0.3 is 0 Å². The second kappa shape index (κ2) is 5.88. The number of aryl methyl sites for hydroxylation is 1. The zero-order chi connectivity index (χ0) is 20.1. The number of alkyl halides is 9. The van der Waals surface area contributed by atoms with Crippen molar-refractivity contribution in [3.8, 4) is 11.3 Å². The molecule has 0 radical (unpaired) electrons. The number of halogens is 10. The number of hydrogen-bond acceptors (Lipinski definition) is 1. The predicted molar refractivity (Wildman–Crippen MR) is 68.4 cm³/mol. The van der Waals surface area contributed by atoms with Gasteiger partial charge in [0.05, 0.1) is 0 Å². The lowest BCUT2D eigenvalue weighted by molar-refractivity contribution is -0.400. The Morgan fingerprint density at radius 2 is 1.31 bits per heavy atom. The molecular formula is C14H8F10N2. The van der Waals surface area contributed by atoms with Crippen molar-refractivity contribution in [3.05, 3.63) is 41.8 Å². The van der Waals surface area contributed by atoms with Gasteiger partial charge >= 0.3 is 23.9 Å². The van der Waals surface area contributed by atoms with Crippen LogP contribution in [0.1, 0.15) is 5.69 Å². The van der Waals surface area contributed by atoms with Gasteiger partial charge in [-0.2, -0.15) is 44.6 Å². The summed E-state index contributed by atoms with van der Waals surface area (Å²) in [7, 11) is 0.838. The van der Waals surface area contributed by atoms with Crippen LogP contribution in [-0.2, 0) is 13.0 Å². The fraction of sp³-hybridized carbons (Fsp3) is 0.357. The normalized spacial score (nSPS) is 14.0. The Labute approximate surface area is 139 Å². The number of aromatic nitrogens is 2. The molecule has 0 aliphatic rings. The lowest BCUT2D eigenvalue weighted by atomic mass is 10.00. The molecule has 0 saturated carbocycles. The molecule has 0 unspecified atom stereocenters. The Morgan fingerprint density at radius 3 is 1.77 bits per heavy atom. The molecule has 0 bridgehead atoms. The van der Waals surface area contributed by atoms with Crippen LogP contribution < -0.4 is 0 Å². The molecule has 0 atom stereocenters. The fourth-order valence-corrected chi connectivity index (χ4v) is 2.13. The van der Waals surface area contributed by atoms with Crippen LogP contribution in [0.3, 0.4) is 0 Å². The van der Waals surface area contributed by atoms with Gasteiger partial charge in [-0.15, -0.1) is 0 Å². The van der Waals surface area contributed by atoms with E-state index in [0.29, 0.717) is 4.68 Å². The third-order valence-electron chi connectivity index (χ3n) is 3.48. The minimum absolute atomic E-state index is 0.132. The summed E-state index contributed by atoms with van der Waals surface area (Å²) >= 11 is 0. The average molecular weight is 394 g/mol. The minimum Gasteiger partial charge on any atom is -0.264 e. The first kappa shape index (κ1) is 20.0. The highest BCUT2D eigenvalue weighted by Gasteiger charge is 2.83.